The minimum Gasteiger partial charge on any atom is -0.309 e. The van der Waals surface area contributed by atoms with Crippen LogP contribution in [0.25, 0.3) is 0 Å². The van der Waals surface area contributed by atoms with Crippen LogP contribution in [0.5, 0.6) is 0 Å². The second-order valence-corrected chi connectivity index (χ2v) is 3.48. The Labute approximate surface area is 58.0 Å². The van der Waals surface area contributed by atoms with Crippen molar-refractivity contribution in [3.8, 4) is 0 Å². The predicted molar refractivity (Wildman–Crippen MR) is 42.1 cm³/mol. The summed E-state index contributed by atoms with van der Waals surface area (Å²) in [6.45, 7) is 8.38. The Bertz CT molecular complexity index is 97.6. The highest BCUT2D eigenvalue weighted by Gasteiger charge is 2.14. The molecule has 0 bridgehead atoms. The van der Waals surface area contributed by atoms with Gasteiger partial charge in [-0.1, -0.05) is 34.1 Å². The zero-order valence-electron chi connectivity index (χ0n) is 6.91. The Morgan fingerprint density at radius 3 is 1.89 bits per heavy atom. The molecule has 0 aromatic heterocycles. The fraction of sp³-hybridized carbons (Fsp3) is 0.875. The van der Waals surface area contributed by atoms with E-state index in [9.17, 15) is 0 Å². The smallest absolute Gasteiger partial charge is 0.0142 e. The molecule has 0 atom stereocenters. The average molecular weight is 127 g/mol. The summed E-state index contributed by atoms with van der Waals surface area (Å²) >= 11 is 0. The molecule has 9 heavy (non-hydrogen) atoms. The quantitative estimate of drug-likeness (QED) is 0.551. The van der Waals surface area contributed by atoms with Crippen molar-refractivity contribution in [1.82, 2.24) is 0 Å². The van der Waals surface area contributed by atoms with Gasteiger partial charge in [0.2, 0.25) is 0 Å². The van der Waals surface area contributed by atoms with Crippen LogP contribution in [0.4, 0.5) is 0 Å². The molecule has 0 aromatic rings. The third-order valence-electron chi connectivity index (χ3n) is 1.41. The lowest BCUT2D eigenvalue weighted by Gasteiger charge is -2.18. The van der Waals surface area contributed by atoms with Gasteiger partial charge in [0.1, 0.15) is 0 Å². The zero-order valence-corrected chi connectivity index (χ0v) is 6.91. The molecule has 0 unspecified atom stereocenters. The minimum absolute atomic E-state index is 0.0933. The summed E-state index contributed by atoms with van der Waals surface area (Å²) in [5.41, 5.74) is 0.959. The fourth-order valence-electron chi connectivity index (χ4n) is 0.625. The predicted octanol–water partition coefficient (Wildman–Crippen LogP) is 2.85. The van der Waals surface area contributed by atoms with Crippen molar-refractivity contribution in [1.29, 1.82) is 5.41 Å². The van der Waals surface area contributed by atoms with Gasteiger partial charge in [-0.3, -0.25) is 0 Å². The van der Waals surface area contributed by atoms with Crippen LogP contribution in [0.15, 0.2) is 0 Å². The lowest BCUT2D eigenvalue weighted by atomic mass is 9.88. The van der Waals surface area contributed by atoms with Gasteiger partial charge in [-0.15, -0.1) is 0 Å². The lowest BCUT2D eigenvalue weighted by molar-refractivity contribution is 0.570. The molecule has 0 aromatic carbocycles. The molecule has 0 spiro atoms. The third-order valence-corrected chi connectivity index (χ3v) is 1.41. The van der Waals surface area contributed by atoms with Crippen LogP contribution in [0, 0.1) is 10.8 Å². The first kappa shape index (κ1) is 8.67. The maximum Gasteiger partial charge on any atom is 0.0142 e. The summed E-state index contributed by atoms with van der Waals surface area (Å²) < 4.78 is 0. The van der Waals surface area contributed by atoms with Gasteiger partial charge in [-0.2, -0.15) is 0 Å². The van der Waals surface area contributed by atoms with Gasteiger partial charge < -0.3 is 5.41 Å². The molecule has 0 heterocycles. The van der Waals surface area contributed by atoms with E-state index in [1.807, 2.05) is 0 Å². The highest BCUT2D eigenvalue weighted by atomic mass is 14.5. The van der Waals surface area contributed by atoms with E-state index in [4.69, 9.17) is 5.41 Å². The molecule has 0 aliphatic carbocycles. The maximum atomic E-state index is 7.54. The molecule has 54 valence electrons. The maximum absolute atomic E-state index is 7.54. The first-order valence-electron chi connectivity index (χ1n) is 3.56. The second kappa shape index (κ2) is 3.00. The van der Waals surface area contributed by atoms with E-state index in [1.54, 1.807) is 0 Å². The van der Waals surface area contributed by atoms with Crippen molar-refractivity contribution < 1.29 is 0 Å². The van der Waals surface area contributed by atoms with Gasteiger partial charge in [-0.05, 0) is 11.8 Å². The van der Waals surface area contributed by atoms with E-state index in [2.05, 4.69) is 27.7 Å². The van der Waals surface area contributed by atoms with Gasteiger partial charge in [0.25, 0.3) is 0 Å². The van der Waals surface area contributed by atoms with Crippen LogP contribution in [0.2, 0.25) is 0 Å². The van der Waals surface area contributed by atoms with E-state index >= 15 is 0 Å². The number of hydrogen-bond donors (Lipinski definition) is 1. The minimum atomic E-state index is 0.0933. The molecule has 0 fully saturated rings. The highest BCUT2D eigenvalue weighted by molar-refractivity contribution is 5.86. The molecular weight excluding hydrogens is 110 g/mol. The van der Waals surface area contributed by atoms with Crippen molar-refractivity contribution in [3.05, 3.63) is 0 Å². The van der Waals surface area contributed by atoms with Crippen LogP contribution in [0.3, 0.4) is 0 Å². The van der Waals surface area contributed by atoms with Gasteiger partial charge >= 0.3 is 0 Å². The van der Waals surface area contributed by atoms with E-state index < -0.39 is 0 Å². The van der Waals surface area contributed by atoms with Gasteiger partial charge in [0.05, 0.1) is 0 Å². The third kappa shape index (κ3) is 3.28. The summed E-state index contributed by atoms with van der Waals surface area (Å²) in [7, 11) is 0. The van der Waals surface area contributed by atoms with E-state index in [0.29, 0.717) is 0 Å². The largest absolute Gasteiger partial charge is 0.309 e. The van der Waals surface area contributed by atoms with Crippen molar-refractivity contribution in [3.63, 3.8) is 0 Å². The van der Waals surface area contributed by atoms with Crippen molar-refractivity contribution in [2.24, 2.45) is 5.41 Å². The summed E-state index contributed by atoms with van der Waals surface area (Å²) in [4.78, 5) is 0. The highest BCUT2D eigenvalue weighted by Crippen LogP contribution is 2.17. The van der Waals surface area contributed by atoms with Crippen LogP contribution >= 0.6 is 0 Å². The van der Waals surface area contributed by atoms with Gasteiger partial charge in [0.15, 0.2) is 0 Å². The van der Waals surface area contributed by atoms with Crippen LogP contribution < -0.4 is 0 Å². The molecule has 0 amide bonds. The average Bonchev–Trinajstić information content (AvgIpc) is 1.64. The Kier molecular flexibility index (Phi) is 2.89. The molecule has 1 nitrogen and oxygen atoms in total. The van der Waals surface area contributed by atoms with E-state index in [-0.39, 0.29) is 5.41 Å². The Morgan fingerprint density at radius 2 is 1.78 bits per heavy atom. The summed E-state index contributed by atoms with van der Waals surface area (Å²) in [6, 6.07) is 0. The summed E-state index contributed by atoms with van der Waals surface area (Å²) in [5.74, 6) is 0. The first-order chi connectivity index (χ1) is 3.98. The summed E-state index contributed by atoms with van der Waals surface area (Å²) in [6.07, 6.45) is 2.04. The number of nitrogens with one attached hydrogen (secondary N) is 1. The molecule has 0 radical (unpaired) electrons. The standard InChI is InChI=1S/C8H17N/c1-5-6-7(9)8(2,3)4/h9H,5-6H2,1-4H3. The Morgan fingerprint density at radius 1 is 1.33 bits per heavy atom. The fourth-order valence-corrected chi connectivity index (χ4v) is 0.625. The Balaban J connectivity index is 3.74. The molecule has 1 heteroatoms. The molecular formula is C8H17N. The van der Waals surface area contributed by atoms with Crippen LogP contribution in [-0.4, -0.2) is 5.71 Å². The van der Waals surface area contributed by atoms with Crippen molar-refractivity contribution in [2.75, 3.05) is 0 Å². The first-order valence-corrected chi connectivity index (χ1v) is 3.56. The normalized spacial score (nSPS) is 11.6. The second-order valence-electron chi connectivity index (χ2n) is 3.48. The molecule has 1 N–H and O–H groups in total. The SMILES string of the molecule is CCCC(=N)C(C)(C)C. The topological polar surface area (TPSA) is 23.9 Å². The number of hydrogen-bond acceptors (Lipinski definition) is 1. The van der Waals surface area contributed by atoms with Gasteiger partial charge in [0, 0.05) is 5.71 Å². The van der Waals surface area contributed by atoms with E-state index in [1.165, 1.54) is 0 Å². The molecule has 0 saturated carbocycles. The summed E-state index contributed by atoms with van der Waals surface area (Å²) in [5, 5.41) is 7.54. The molecule has 0 saturated heterocycles. The van der Waals surface area contributed by atoms with E-state index in [0.717, 1.165) is 18.6 Å². The molecule has 0 aliphatic heterocycles. The Hall–Kier alpha value is -0.330. The van der Waals surface area contributed by atoms with Crippen molar-refractivity contribution >= 4 is 5.71 Å². The molecule has 0 aliphatic rings. The lowest BCUT2D eigenvalue weighted by Crippen LogP contribution is -2.18. The van der Waals surface area contributed by atoms with Crippen molar-refractivity contribution in [2.45, 2.75) is 40.5 Å². The zero-order chi connectivity index (χ0) is 7.49. The number of rotatable bonds is 2. The molecule has 0 rings (SSSR count). The van der Waals surface area contributed by atoms with Gasteiger partial charge in [-0.25, -0.2) is 0 Å². The monoisotopic (exact) mass is 127 g/mol. The van der Waals surface area contributed by atoms with Crippen LogP contribution in [-0.2, 0) is 0 Å². The van der Waals surface area contributed by atoms with Crippen LogP contribution in [0.1, 0.15) is 40.5 Å².